The Kier molecular flexibility index (Phi) is 3.60. The number of hydrogen-bond donors (Lipinski definition) is 2. The second-order valence-electron chi connectivity index (χ2n) is 3.42. The third-order valence-corrected chi connectivity index (χ3v) is 2.72. The zero-order valence-corrected chi connectivity index (χ0v) is 10.6. The van der Waals surface area contributed by atoms with Crippen molar-refractivity contribution in [2.45, 2.75) is 6.42 Å². The van der Waals surface area contributed by atoms with Crippen molar-refractivity contribution in [1.82, 2.24) is 15.5 Å². The Morgan fingerprint density at radius 3 is 3.19 bits per heavy atom. The van der Waals surface area contributed by atoms with E-state index in [-0.39, 0.29) is 0 Å². The summed E-state index contributed by atoms with van der Waals surface area (Å²) in [6.45, 7) is 0.907. The third kappa shape index (κ3) is 2.43. The van der Waals surface area contributed by atoms with Crippen LogP contribution in [0.2, 0.25) is 0 Å². The van der Waals surface area contributed by atoms with Crippen LogP contribution in [0.5, 0.6) is 0 Å². The Labute approximate surface area is 103 Å². The lowest BCUT2D eigenvalue weighted by Crippen LogP contribution is -2.05. The van der Waals surface area contributed by atoms with E-state index in [1.807, 2.05) is 25.2 Å². The summed E-state index contributed by atoms with van der Waals surface area (Å²) in [7, 11) is 1.92. The fraction of sp³-hybridized carbons (Fsp3) is 0.250. The van der Waals surface area contributed by atoms with Gasteiger partial charge in [-0.05, 0) is 31.2 Å². The number of rotatable bonds is 2. The molecule has 0 amide bonds. The minimum absolute atomic E-state index is 0.841. The summed E-state index contributed by atoms with van der Waals surface area (Å²) in [6, 6.07) is 5.99. The Morgan fingerprint density at radius 1 is 1.50 bits per heavy atom. The fourth-order valence-electron chi connectivity index (χ4n) is 1.42. The van der Waals surface area contributed by atoms with Gasteiger partial charge >= 0.3 is 0 Å². The molecule has 0 spiro atoms. The molecule has 0 saturated heterocycles. The molecule has 0 saturated carbocycles. The van der Waals surface area contributed by atoms with E-state index < -0.39 is 0 Å². The number of H-pyrrole nitrogens is 1. The van der Waals surface area contributed by atoms with Crippen LogP contribution in [0, 0.1) is 11.8 Å². The zero-order valence-electron chi connectivity index (χ0n) is 8.97. The zero-order chi connectivity index (χ0) is 11.4. The van der Waals surface area contributed by atoms with Gasteiger partial charge in [0.2, 0.25) is 0 Å². The first-order valence-electron chi connectivity index (χ1n) is 5.08. The van der Waals surface area contributed by atoms with Crippen LogP contribution in [-0.4, -0.2) is 23.8 Å². The second-order valence-corrected chi connectivity index (χ2v) is 4.33. The number of aromatic nitrogens is 2. The predicted molar refractivity (Wildman–Crippen MR) is 69.2 cm³/mol. The van der Waals surface area contributed by atoms with Gasteiger partial charge < -0.3 is 5.32 Å². The Bertz CT molecular complexity index is 548. The molecule has 0 aliphatic rings. The van der Waals surface area contributed by atoms with Gasteiger partial charge in [0.15, 0.2) is 0 Å². The van der Waals surface area contributed by atoms with Crippen LogP contribution in [0.3, 0.4) is 0 Å². The highest BCUT2D eigenvalue weighted by Crippen LogP contribution is 2.19. The van der Waals surface area contributed by atoms with Crippen LogP contribution in [0.1, 0.15) is 12.1 Å². The van der Waals surface area contributed by atoms with Gasteiger partial charge in [-0.3, -0.25) is 5.10 Å². The number of nitrogens with zero attached hydrogens (tertiary/aromatic N) is 1. The highest BCUT2D eigenvalue weighted by atomic mass is 79.9. The molecule has 16 heavy (non-hydrogen) atoms. The molecule has 0 atom stereocenters. The molecule has 3 nitrogen and oxygen atoms in total. The smallest absolute Gasteiger partial charge is 0.115 e. The molecule has 0 radical (unpaired) electrons. The normalized spacial score (nSPS) is 10.1. The molecular weight excluding hydrogens is 266 g/mol. The number of hydrogen-bond acceptors (Lipinski definition) is 2. The van der Waals surface area contributed by atoms with E-state index in [0.717, 1.165) is 34.0 Å². The summed E-state index contributed by atoms with van der Waals surface area (Å²) in [4.78, 5) is 0. The summed E-state index contributed by atoms with van der Waals surface area (Å²) in [5.41, 5.74) is 1.82. The van der Waals surface area contributed by atoms with Crippen molar-refractivity contribution in [3.8, 4) is 11.8 Å². The maximum absolute atomic E-state index is 4.21. The Hall–Kier alpha value is -1.31. The standard InChI is InChI=1S/C12H12BrN3/c1-14-7-3-2-4-11-10-6-5-9(13)8-12(10)16-15-11/h5-6,8,14H,3,7H2,1H3,(H,15,16). The molecule has 0 bridgehead atoms. The lowest BCUT2D eigenvalue weighted by Gasteiger charge is -1.90. The Balaban J connectivity index is 2.27. The molecule has 0 fully saturated rings. The van der Waals surface area contributed by atoms with Crippen molar-refractivity contribution in [1.29, 1.82) is 0 Å². The molecule has 1 heterocycles. The molecule has 1 aromatic heterocycles. The van der Waals surface area contributed by atoms with Gasteiger partial charge in [0.25, 0.3) is 0 Å². The summed E-state index contributed by atoms with van der Waals surface area (Å²) in [6.07, 6.45) is 0.841. The van der Waals surface area contributed by atoms with E-state index in [1.165, 1.54) is 0 Å². The fourth-order valence-corrected chi connectivity index (χ4v) is 1.77. The maximum Gasteiger partial charge on any atom is 0.115 e. The average molecular weight is 278 g/mol. The molecule has 2 aromatic rings. The van der Waals surface area contributed by atoms with Gasteiger partial charge in [-0.1, -0.05) is 21.9 Å². The first kappa shape index (κ1) is 11.2. The van der Waals surface area contributed by atoms with Crippen LogP contribution < -0.4 is 5.32 Å². The predicted octanol–water partition coefficient (Wildman–Crippen LogP) is 2.29. The van der Waals surface area contributed by atoms with Crippen LogP contribution in [0.4, 0.5) is 0 Å². The summed E-state index contributed by atoms with van der Waals surface area (Å²) in [5.74, 6) is 6.20. The van der Waals surface area contributed by atoms with E-state index >= 15 is 0 Å². The lowest BCUT2D eigenvalue weighted by atomic mass is 10.2. The third-order valence-electron chi connectivity index (χ3n) is 2.23. The number of nitrogens with one attached hydrogen (secondary N) is 2. The van der Waals surface area contributed by atoms with E-state index in [4.69, 9.17) is 0 Å². The molecule has 82 valence electrons. The molecule has 4 heteroatoms. The van der Waals surface area contributed by atoms with Crippen LogP contribution >= 0.6 is 15.9 Å². The van der Waals surface area contributed by atoms with E-state index in [0.29, 0.717) is 0 Å². The highest BCUT2D eigenvalue weighted by molar-refractivity contribution is 9.10. The summed E-state index contributed by atoms with van der Waals surface area (Å²) >= 11 is 3.42. The monoisotopic (exact) mass is 277 g/mol. The van der Waals surface area contributed by atoms with Gasteiger partial charge in [0, 0.05) is 22.8 Å². The van der Waals surface area contributed by atoms with Gasteiger partial charge in [0.1, 0.15) is 5.69 Å². The second kappa shape index (κ2) is 5.15. The van der Waals surface area contributed by atoms with E-state index in [9.17, 15) is 0 Å². The van der Waals surface area contributed by atoms with Gasteiger partial charge in [0.05, 0.1) is 5.52 Å². The minimum atomic E-state index is 0.841. The molecule has 2 N–H and O–H groups in total. The topological polar surface area (TPSA) is 40.7 Å². The van der Waals surface area contributed by atoms with Gasteiger partial charge in [-0.2, -0.15) is 5.10 Å². The molecule has 0 unspecified atom stereocenters. The molecule has 1 aromatic carbocycles. The van der Waals surface area contributed by atoms with Crippen molar-refractivity contribution < 1.29 is 0 Å². The first-order valence-corrected chi connectivity index (χ1v) is 5.87. The van der Waals surface area contributed by atoms with Crippen molar-refractivity contribution in [2.24, 2.45) is 0 Å². The number of halogens is 1. The quantitative estimate of drug-likeness (QED) is 0.653. The summed E-state index contributed by atoms with van der Waals surface area (Å²) in [5, 5.41) is 11.3. The number of aromatic amines is 1. The first-order chi connectivity index (χ1) is 7.81. The lowest BCUT2D eigenvalue weighted by molar-refractivity contribution is 0.818. The maximum atomic E-state index is 4.21. The number of benzene rings is 1. The SMILES string of the molecule is CNCCC#Cc1[nH]nc2cc(Br)ccc12. The van der Waals surface area contributed by atoms with Crippen LogP contribution in [0.25, 0.3) is 10.9 Å². The van der Waals surface area contributed by atoms with Gasteiger partial charge in [-0.25, -0.2) is 0 Å². The Morgan fingerprint density at radius 2 is 2.38 bits per heavy atom. The number of fused-ring (bicyclic) bond motifs is 1. The van der Waals surface area contributed by atoms with E-state index in [2.05, 4.69) is 43.3 Å². The van der Waals surface area contributed by atoms with Crippen molar-refractivity contribution in [3.63, 3.8) is 0 Å². The summed E-state index contributed by atoms with van der Waals surface area (Å²) < 4.78 is 1.03. The largest absolute Gasteiger partial charge is 0.319 e. The van der Waals surface area contributed by atoms with Crippen molar-refractivity contribution in [3.05, 3.63) is 28.4 Å². The van der Waals surface area contributed by atoms with Gasteiger partial charge in [-0.15, -0.1) is 0 Å². The van der Waals surface area contributed by atoms with E-state index in [1.54, 1.807) is 0 Å². The van der Waals surface area contributed by atoms with Crippen LogP contribution in [-0.2, 0) is 0 Å². The average Bonchev–Trinajstić information content (AvgIpc) is 2.67. The van der Waals surface area contributed by atoms with Crippen LogP contribution in [0.15, 0.2) is 22.7 Å². The minimum Gasteiger partial charge on any atom is -0.319 e. The van der Waals surface area contributed by atoms with Crippen molar-refractivity contribution in [2.75, 3.05) is 13.6 Å². The molecule has 2 rings (SSSR count). The molecule has 0 aliphatic carbocycles. The highest BCUT2D eigenvalue weighted by Gasteiger charge is 2.02. The molecule has 0 aliphatic heterocycles. The molecular formula is C12H12BrN3. The van der Waals surface area contributed by atoms with Crippen molar-refractivity contribution >= 4 is 26.8 Å².